The molecule has 1 aliphatic rings. The molecular weight excluding hydrogens is 410 g/mol. The largest absolute Gasteiger partial charge is 0.455 e. The molecule has 1 aliphatic carbocycles. The lowest BCUT2D eigenvalue weighted by Gasteiger charge is -2.14. The molecule has 0 unspecified atom stereocenters. The van der Waals surface area contributed by atoms with E-state index in [0.29, 0.717) is 47.2 Å². The number of halogens is 3. The zero-order valence-electron chi connectivity index (χ0n) is 15.2. The molecule has 0 atom stereocenters. The third kappa shape index (κ3) is 4.17. The smallest absolute Gasteiger partial charge is 0.341 e. The highest BCUT2D eigenvalue weighted by Gasteiger charge is 2.35. The van der Waals surface area contributed by atoms with Gasteiger partial charge in [-0.1, -0.05) is 24.9 Å². The molecule has 2 aromatic rings. The molecule has 3 rings (SSSR count). The Labute approximate surface area is 167 Å². The molecule has 0 radical (unpaired) electrons. The predicted molar refractivity (Wildman–Crippen MR) is 104 cm³/mol. The van der Waals surface area contributed by atoms with E-state index in [-0.39, 0.29) is 5.56 Å². The summed E-state index contributed by atoms with van der Waals surface area (Å²) < 4.78 is 56.7. The molecule has 150 valence electrons. The van der Waals surface area contributed by atoms with Gasteiger partial charge in [-0.2, -0.15) is 8.78 Å². The first kappa shape index (κ1) is 20.7. The second-order valence-electron chi connectivity index (χ2n) is 6.34. The van der Waals surface area contributed by atoms with Crippen LogP contribution >= 0.6 is 11.6 Å². The molecule has 0 saturated carbocycles. The Balaban J connectivity index is 2.10. The zero-order valence-corrected chi connectivity index (χ0v) is 16.7. The summed E-state index contributed by atoms with van der Waals surface area (Å²) in [6.45, 7) is 2.53. The van der Waals surface area contributed by atoms with Gasteiger partial charge in [0, 0.05) is 35.6 Å². The molecule has 0 fully saturated rings. The van der Waals surface area contributed by atoms with Gasteiger partial charge in [0.1, 0.15) is 11.5 Å². The first-order valence-corrected chi connectivity index (χ1v) is 10.8. The van der Waals surface area contributed by atoms with Gasteiger partial charge in [-0.25, -0.2) is 8.42 Å². The van der Waals surface area contributed by atoms with Crippen molar-refractivity contribution in [3.8, 4) is 11.5 Å². The number of aliphatic imine (C=N–C) groups is 1. The standard InChI is InChI=1S/C19H19ClF2N2O3S/c1-2-3-8-24-15-5-4-14-16(27-13-9-12(20)10-23-11-13)6-7-17(18(14)15)28(25,26)19(21)22/h6-7,9-11,19H,2-5,8H2,1H3. The molecule has 0 aliphatic heterocycles. The molecule has 1 aromatic heterocycles. The summed E-state index contributed by atoms with van der Waals surface area (Å²) in [4.78, 5) is 8.01. The Kier molecular flexibility index (Phi) is 6.30. The normalized spacial score (nSPS) is 15.2. The maximum absolute atomic E-state index is 13.2. The minimum Gasteiger partial charge on any atom is -0.455 e. The molecule has 9 heteroatoms. The highest BCUT2D eigenvalue weighted by atomic mass is 35.5. The number of rotatable bonds is 7. The molecule has 1 heterocycles. The van der Waals surface area contributed by atoms with Gasteiger partial charge in [0.2, 0.25) is 9.84 Å². The van der Waals surface area contributed by atoms with Crippen LogP contribution in [0.15, 0.2) is 40.5 Å². The van der Waals surface area contributed by atoms with Crippen molar-refractivity contribution in [2.75, 3.05) is 6.54 Å². The fraction of sp³-hybridized carbons (Fsp3) is 0.368. The number of hydrogen-bond acceptors (Lipinski definition) is 5. The third-order valence-electron chi connectivity index (χ3n) is 4.40. The van der Waals surface area contributed by atoms with E-state index in [9.17, 15) is 17.2 Å². The van der Waals surface area contributed by atoms with Crippen LogP contribution in [-0.4, -0.2) is 31.4 Å². The minimum absolute atomic E-state index is 0.240. The Hall–Kier alpha value is -2.06. The lowest BCUT2D eigenvalue weighted by atomic mass is 10.1. The molecule has 28 heavy (non-hydrogen) atoms. The summed E-state index contributed by atoms with van der Waals surface area (Å²) in [5.41, 5.74) is 1.32. The van der Waals surface area contributed by atoms with E-state index < -0.39 is 20.5 Å². The van der Waals surface area contributed by atoms with Crippen molar-refractivity contribution in [1.82, 2.24) is 4.98 Å². The maximum Gasteiger partial charge on any atom is 0.341 e. The van der Waals surface area contributed by atoms with Crippen LogP contribution in [0, 0.1) is 0 Å². The molecule has 0 bridgehead atoms. The van der Waals surface area contributed by atoms with E-state index in [0.717, 1.165) is 18.9 Å². The van der Waals surface area contributed by atoms with Crippen molar-refractivity contribution in [1.29, 1.82) is 0 Å². The van der Waals surface area contributed by atoms with Crippen molar-refractivity contribution in [3.05, 3.63) is 46.7 Å². The van der Waals surface area contributed by atoms with Crippen LogP contribution < -0.4 is 4.74 Å². The highest BCUT2D eigenvalue weighted by molar-refractivity contribution is 7.91. The summed E-state index contributed by atoms with van der Waals surface area (Å²) in [6.07, 6.45) is 5.61. The number of sulfone groups is 1. The van der Waals surface area contributed by atoms with Crippen molar-refractivity contribution in [2.45, 2.75) is 43.3 Å². The number of pyridine rings is 1. The van der Waals surface area contributed by atoms with Crippen molar-refractivity contribution in [2.24, 2.45) is 4.99 Å². The van der Waals surface area contributed by atoms with E-state index >= 15 is 0 Å². The number of ether oxygens (including phenoxy) is 1. The van der Waals surface area contributed by atoms with Gasteiger partial charge in [-0.15, -0.1) is 0 Å². The molecule has 0 N–H and O–H groups in total. The Morgan fingerprint density at radius 2 is 2.07 bits per heavy atom. The lowest BCUT2D eigenvalue weighted by molar-refractivity contribution is 0.234. The summed E-state index contributed by atoms with van der Waals surface area (Å²) in [5, 5.41) is 0.382. The summed E-state index contributed by atoms with van der Waals surface area (Å²) in [7, 11) is -4.77. The van der Waals surface area contributed by atoms with E-state index in [1.54, 1.807) is 6.07 Å². The average Bonchev–Trinajstić information content (AvgIpc) is 3.06. The third-order valence-corrected chi connectivity index (χ3v) is 6.02. The molecular formula is C19H19ClF2N2O3S. The number of fused-ring (bicyclic) bond motifs is 1. The van der Waals surface area contributed by atoms with Gasteiger partial charge in [-0.05, 0) is 31.4 Å². The van der Waals surface area contributed by atoms with Crippen molar-refractivity contribution in [3.63, 3.8) is 0 Å². The van der Waals surface area contributed by atoms with Crippen LogP contribution in [0.4, 0.5) is 8.78 Å². The summed E-state index contributed by atoms with van der Waals surface area (Å²) >= 11 is 5.92. The van der Waals surface area contributed by atoms with Gasteiger partial charge < -0.3 is 4.74 Å². The Morgan fingerprint density at radius 1 is 1.29 bits per heavy atom. The Bertz CT molecular complexity index is 1010. The number of hydrogen-bond donors (Lipinski definition) is 0. The zero-order chi connectivity index (χ0) is 20.3. The topological polar surface area (TPSA) is 68.6 Å². The second kappa shape index (κ2) is 8.53. The van der Waals surface area contributed by atoms with E-state index in [1.807, 2.05) is 6.92 Å². The van der Waals surface area contributed by atoms with Gasteiger partial charge in [0.15, 0.2) is 0 Å². The van der Waals surface area contributed by atoms with Gasteiger partial charge in [0.05, 0.1) is 16.1 Å². The van der Waals surface area contributed by atoms with Crippen LogP contribution in [0.3, 0.4) is 0 Å². The first-order chi connectivity index (χ1) is 13.3. The van der Waals surface area contributed by atoms with Crippen LogP contribution in [0.25, 0.3) is 0 Å². The summed E-state index contributed by atoms with van der Waals surface area (Å²) in [6, 6.07) is 4.12. The number of unbranched alkanes of at least 4 members (excludes halogenated alkanes) is 1. The van der Waals surface area contributed by atoms with Crippen molar-refractivity contribution >= 4 is 27.1 Å². The lowest BCUT2D eigenvalue weighted by Crippen LogP contribution is -2.16. The van der Waals surface area contributed by atoms with Crippen LogP contribution in [0.2, 0.25) is 5.02 Å². The van der Waals surface area contributed by atoms with Crippen molar-refractivity contribution < 1.29 is 21.9 Å². The molecule has 1 aromatic carbocycles. The van der Waals surface area contributed by atoms with Crippen LogP contribution in [-0.2, 0) is 16.3 Å². The predicted octanol–water partition coefficient (Wildman–Crippen LogP) is 5.06. The fourth-order valence-corrected chi connectivity index (χ4v) is 4.21. The monoisotopic (exact) mass is 428 g/mol. The summed E-state index contributed by atoms with van der Waals surface area (Å²) in [5.74, 6) is -2.75. The van der Waals surface area contributed by atoms with Crippen LogP contribution in [0.1, 0.15) is 37.3 Å². The highest BCUT2D eigenvalue weighted by Crippen LogP contribution is 2.39. The van der Waals surface area contributed by atoms with E-state index in [2.05, 4.69) is 9.98 Å². The number of nitrogens with zero attached hydrogens (tertiary/aromatic N) is 2. The van der Waals surface area contributed by atoms with Gasteiger partial charge in [-0.3, -0.25) is 9.98 Å². The first-order valence-electron chi connectivity index (χ1n) is 8.84. The van der Waals surface area contributed by atoms with E-state index in [1.165, 1.54) is 18.5 Å². The van der Waals surface area contributed by atoms with Crippen LogP contribution in [0.5, 0.6) is 11.5 Å². The number of benzene rings is 1. The maximum atomic E-state index is 13.2. The Morgan fingerprint density at radius 3 is 2.75 bits per heavy atom. The van der Waals surface area contributed by atoms with Gasteiger partial charge in [0.25, 0.3) is 0 Å². The quantitative estimate of drug-likeness (QED) is 0.578. The SMILES string of the molecule is CCCCN=C1CCc2c(Oc3cncc(Cl)c3)ccc(S(=O)(=O)C(F)F)c21. The minimum atomic E-state index is -4.77. The number of alkyl halides is 2. The molecule has 0 saturated heterocycles. The van der Waals surface area contributed by atoms with E-state index in [4.69, 9.17) is 16.3 Å². The molecule has 0 spiro atoms. The fourth-order valence-electron chi connectivity index (χ4n) is 3.07. The molecule has 0 amide bonds. The number of aromatic nitrogens is 1. The molecule has 5 nitrogen and oxygen atoms in total. The van der Waals surface area contributed by atoms with Gasteiger partial charge >= 0.3 is 5.76 Å². The average molecular weight is 429 g/mol. The second-order valence-corrected chi connectivity index (χ2v) is 8.67.